The van der Waals surface area contributed by atoms with Crippen LogP contribution in [0.1, 0.15) is 49.4 Å². The Hall–Kier alpha value is -2.37. The second-order valence-electron chi connectivity index (χ2n) is 6.00. The highest BCUT2D eigenvalue weighted by Crippen LogP contribution is 2.44. The minimum atomic E-state index is -0.901. The van der Waals surface area contributed by atoms with Crippen molar-refractivity contribution in [2.75, 3.05) is 11.9 Å². The molecule has 0 aromatic heterocycles. The van der Waals surface area contributed by atoms with Gasteiger partial charge in [-0.1, -0.05) is 13.3 Å². The fourth-order valence-electron chi connectivity index (χ4n) is 2.63. The fraction of sp³-hybridized carbons (Fsp3) is 0.471. The zero-order valence-corrected chi connectivity index (χ0v) is 13.2. The van der Waals surface area contributed by atoms with Crippen LogP contribution in [0, 0.1) is 5.41 Å². The highest BCUT2D eigenvalue weighted by molar-refractivity contribution is 5.97. The summed E-state index contributed by atoms with van der Waals surface area (Å²) in [5, 5.41) is 14.7. The largest absolute Gasteiger partial charge is 0.481 e. The number of carbonyl (C=O) groups excluding carboxylic acids is 2. The van der Waals surface area contributed by atoms with Gasteiger partial charge in [-0.15, -0.1) is 0 Å². The minimum Gasteiger partial charge on any atom is -0.481 e. The molecule has 1 aromatic rings. The summed E-state index contributed by atoms with van der Waals surface area (Å²) in [4.78, 5) is 35.1. The molecule has 6 heteroatoms. The molecule has 0 bridgehead atoms. The van der Waals surface area contributed by atoms with E-state index in [-0.39, 0.29) is 18.2 Å². The lowest BCUT2D eigenvalue weighted by atomic mass is 9.66. The Morgan fingerprint density at radius 2 is 1.83 bits per heavy atom. The molecule has 0 atom stereocenters. The van der Waals surface area contributed by atoms with Crippen molar-refractivity contribution in [3.8, 4) is 0 Å². The predicted octanol–water partition coefficient (Wildman–Crippen LogP) is 2.41. The van der Waals surface area contributed by atoms with Gasteiger partial charge >= 0.3 is 5.97 Å². The molecule has 0 heterocycles. The lowest BCUT2D eigenvalue weighted by molar-refractivity contribution is -0.157. The lowest BCUT2D eigenvalue weighted by Crippen LogP contribution is -2.41. The van der Waals surface area contributed by atoms with E-state index < -0.39 is 11.4 Å². The first-order valence-corrected chi connectivity index (χ1v) is 7.88. The van der Waals surface area contributed by atoms with E-state index in [0.29, 0.717) is 30.6 Å². The molecule has 0 spiro atoms. The summed E-state index contributed by atoms with van der Waals surface area (Å²) >= 11 is 0. The zero-order valence-electron chi connectivity index (χ0n) is 13.2. The lowest BCUT2D eigenvalue weighted by Gasteiger charge is -2.36. The summed E-state index contributed by atoms with van der Waals surface area (Å²) in [6.45, 7) is 2.60. The molecule has 1 aromatic carbocycles. The summed E-state index contributed by atoms with van der Waals surface area (Å²) in [6, 6.07) is 6.56. The number of hydrogen-bond donors (Lipinski definition) is 3. The Kier molecular flexibility index (Phi) is 5.36. The zero-order chi connectivity index (χ0) is 16.9. The van der Waals surface area contributed by atoms with Gasteiger partial charge in [0.2, 0.25) is 5.91 Å². The Morgan fingerprint density at radius 3 is 2.30 bits per heavy atom. The number of aliphatic carboxylic acids is 1. The first kappa shape index (κ1) is 17.0. The highest BCUT2D eigenvalue weighted by Gasteiger charge is 2.45. The fourth-order valence-corrected chi connectivity index (χ4v) is 2.63. The normalized spacial score (nSPS) is 15.3. The van der Waals surface area contributed by atoms with Gasteiger partial charge in [0.25, 0.3) is 5.91 Å². The Morgan fingerprint density at radius 1 is 1.17 bits per heavy atom. The SMILES string of the molecule is CCCNC(=O)c1ccc(NC(=O)CC2(C(=O)O)CCC2)cc1. The van der Waals surface area contributed by atoms with Gasteiger partial charge in [0.05, 0.1) is 5.41 Å². The summed E-state index contributed by atoms with van der Waals surface area (Å²) in [7, 11) is 0. The molecule has 2 rings (SSSR count). The number of hydrogen-bond acceptors (Lipinski definition) is 3. The number of anilines is 1. The molecular formula is C17H22N2O4. The standard InChI is InChI=1S/C17H22N2O4/c1-2-10-18-15(21)12-4-6-13(7-5-12)19-14(20)11-17(16(22)23)8-3-9-17/h4-7H,2-3,8-11H2,1H3,(H,18,21)(H,19,20)(H,22,23). The number of carbonyl (C=O) groups is 3. The average Bonchev–Trinajstić information content (AvgIpc) is 2.49. The molecular weight excluding hydrogens is 296 g/mol. The number of amides is 2. The molecule has 23 heavy (non-hydrogen) atoms. The van der Waals surface area contributed by atoms with Gasteiger partial charge in [0.1, 0.15) is 0 Å². The second kappa shape index (κ2) is 7.26. The molecule has 6 nitrogen and oxygen atoms in total. The van der Waals surface area contributed by atoms with Crippen molar-refractivity contribution in [3.05, 3.63) is 29.8 Å². The van der Waals surface area contributed by atoms with Crippen molar-refractivity contribution in [1.29, 1.82) is 0 Å². The molecule has 1 aliphatic rings. The van der Waals surface area contributed by atoms with Gasteiger partial charge in [-0.05, 0) is 43.5 Å². The summed E-state index contributed by atoms with van der Waals surface area (Å²) < 4.78 is 0. The van der Waals surface area contributed by atoms with Crippen LogP contribution in [0.5, 0.6) is 0 Å². The third-order valence-electron chi connectivity index (χ3n) is 4.23. The van der Waals surface area contributed by atoms with Crippen LogP contribution in [-0.2, 0) is 9.59 Å². The van der Waals surface area contributed by atoms with Gasteiger partial charge in [0, 0.05) is 24.2 Å². The third kappa shape index (κ3) is 4.09. The monoisotopic (exact) mass is 318 g/mol. The minimum absolute atomic E-state index is 0.0128. The van der Waals surface area contributed by atoms with Crippen molar-refractivity contribution in [2.45, 2.75) is 39.0 Å². The third-order valence-corrected chi connectivity index (χ3v) is 4.23. The van der Waals surface area contributed by atoms with Crippen LogP contribution in [0.3, 0.4) is 0 Å². The van der Waals surface area contributed by atoms with Crippen molar-refractivity contribution >= 4 is 23.5 Å². The van der Waals surface area contributed by atoms with Gasteiger partial charge in [-0.25, -0.2) is 0 Å². The van der Waals surface area contributed by atoms with E-state index >= 15 is 0 Å². The average molecular weight is 318 g/mol. The van der Waals surface area contributed by atoms with Crippen LogP contribution in [0.2, 0.25) is 0 Å². The number of benzene rings is 1. The van der Waals surface area contributed by atoms with E-state index in [1.54, 1.807) is 24.3 Å². The molecule has 3 N–H and O–H groups in total. The van der Waals surface area contributed by atoms with Crippen LogP contribution in [-0.4, -0.2) is 29.4 Å². The van der Waals surface area contributed by atoms with E-state index in [4.69, 9.17) is 0 Å². The number of rotatable bonds is 7. The quantitative estimate of drug-likeness (QED) is 0.719. The van der Waals surface area contributed by atoms with E-state index in [1.807, 2.05) is 6.92 Å². The Bertz CT molecular complexity index is 591. The van der Waals surface area contributed by atoms with E-state index in [9.17, 15) is 19.5 Å². The first-order valence-electron chi connectivity index (χ1n) is 7.88. The maximum absolute atomic E-state index is 12.0. The van der Waals surface area contributed by atoms with E-state index in [0.717, 1.165) is 12.8 Å². The molecule has 1 fully saturated rings. The topological polar surface area (TPSA) is 95.5 Å². The van der Waals surface area contributed by atoms with Crippen molar-refractivity contribution in [1.82, 2.24) is 5.32 Å². The molecule has 124 valence electrons. The van der Waals surface area contributed by atoms with Gasteiger partial charge in [-0.2, -0.15) is 0 Å². The Balaban J connectivity index is 1.91. The number of carboxylic acids is 1. The van der Waals surface area contributed by atoms with Crippen molar-refractivity contribution in [3.63, 3.8) is 0 Å². The van der Waals surface area contributed by atoms with E-state index in [1.165, 1.54) is 0 Å². The summed E-state index contributed by atoms with van der Waals surface area (Å²) in [6.07, 6.45) is 2.80. The molecule has 0 aliphatic heterocycles. The maximum Gasteiger partial charge on any atom is 0.310 e. The molecule has 1 saturated carbocycles. The highest BCUT2D eigenvalue weighted by atomic mass is 16.4. The van der Waals surface area contributed by atoms with Crippen molar-refractivity contribution < 1.29 is 19.5 Å². The number of carboxylic acid groups (broad SMARTS) is 1. The summed E-state index contributed by atoms with van der Waals surface area (Å²) in [5.74, 6) is -1.36. The van der Waals surface area contributed by atoms with Crippen LogP contribution in [0.15, 0.2) is 24.3 Å². The van der Waals surface area contributed by atoms with E-state index in [2.05, 4.69) is 10.6 Å². The van der Waals surface area contributed by atoms with Crippen LogP contribution >= 0.6 is 0 Å². The van der Waals surface area contributed by atoms with Crippen LogP contribution < -0.4 is 10.6 Å². The second-order valence-corrected chi connectivity index (χ2v) is 6.00. The smallest absolute Gasteiger partial charge is 0.310 e. The molecule has 0 saturated heterocycles. The van der Waals surface area contributed by atoms with Gasteiger partial charge < -0.3 is 15.7 Å². The summed E-state index contributed by atoms with van der Waals surface area (Å²) in [5.41, 5.74) is 0.184. The maximum atomic E-state index is 12.0. The van der Waals surface area contributed by atoms with Gasteiger partial charge in [0.15, 0.2) is 0 Å². The first-order chi connectivity index (χ1) is 11.0. The number of nitrogens with one attached hydrogen (secondary N) is 2. The molecule has 1 aliphatic carbocycles. The molecule has 0 radical (unpaired) electrons. The van der Waals surface area contributed by atoms with Crippen molar-refractivity contribution in [2.24, 2.45) is 5.41 Å². The van der Waals surface area contributed by atoms with Crippen LogP contribution in [0.25, 0.3) is 0 Å². The van der Waals surface area contributed by atoms with Crippen LogP contribution in [0.4, 0.5) is 5.69 Å². The van der Waals surface area contributed by atoms with Gasteiger partial charge in [-0.3, -0.25) is 14.4 Å². The predicted molar refractivity (Wildman–Crippen MR) is 86.2 cm³/mol. The Labute approximate surface area is 135 Å². The molecule has 2 amide bonds. The molecule has 0 unspecified atom stereocenters.